The lowest BCUT2D eigenvalue weighted by atomic mass is 10.0. The van der Waals surface area contributed by atoms with E-state index in [4.69, 9.17) is 11.6 Å². The minimum Gasteiger partial charge on any atom is -0.322 e. The van der Waals surface area contributed by atoms with Crippen LogP contribution in [0.1, 0.15) is 17.2 Å². The summed E-state index contributed by atoms with van der Waals surface area (Å²) in [5, 5.41) is 15.1. The number of amides is 1. The number of nitrogens with one attached hydrogen (secondary N) is 1. The van der Waals surface area contributed by atoms with Gasteiger partial charge in [0.1, 0.15) is 24.2 Å². The van der Waals surface area contributed by atoms with Gasteiger partial charge in [-0.2, -0.15) is 4.68 Å². The predicted octanol–water partition coefficient (Wildman–Crippen LogP) is 4.69. The summed E-state index contributed by atoms with van der Waals surface area (Å²) in [4.78, 5) is 14.5. The highest BCUT2D eigenvalue weighted by molar-refractivity contribution is 6.30. The topological polar surface area (TPSA) is 75.9 Å². The van der Waals surface area contributed by atoms with Crippen LogP contribution in [0.15, 0.2) is 78.9 Å². The van der Waals surface area contributed by atoms with Crippen LogP contribution in [0.3, 0.4) is 0 Å². The van der Waals surface area contributed by atoms with Crippen LogP contribution in [0.4, 0.5) is 20.4 Å². The summed E-state index contributed by atoms with van der Waals surface area (Å²) >= 11 is 6.06. The standard InChI is InChI=1S/C24H17ClF2N6O/c25-17-8-6-16(7-9-17)22-13-21(15-4-2-1-3-5-15)32(24-29-30-31-33(22)24)14-23(34)28-20-12-18(26)10-11-19(20)27/h1-13,22H,14H2,(H,28,34)/t22-/m0/s1. The van der Waals surface area contributed by atoms with Gasteiger partial charge in [0.15, 0.2) is 0 Å². The number of anilines is 2. The van der Waals surface area contributed by atoms with Crippen molar-refractivity contribution in [3.8, 4) is 0 Å². The molecule has 7 nitrogen and oxygen atoms in total. The summed E-state index contributed by atoms with van der Waals surface area (Å²) in [7, 11) is 0. The van der Waals surface area contributed by atoms with Gasteiger partial charge in [-0.25, -0.2) is 8.78 Å². The summed E-state index contributed by atoms with van der Waals surface area (Å²) < 4.78 is 29.2. The first-order valence-corrected chi connectivity index (χ1v) is 10.7. The van der Waals surface area contributed by atoms with Gasteiger partial charge in [-0.15, -0.1) is 0 Å². The summed E-state index contributed by atoms with van der Waals surface area (Å²) in [6, 6.07) is 19.3. The van der Waals surface area contributed by atoms with E-state index in [-0.39, 0.29) is 18.3 Å². The second-order valence-corrected chi connectivity index (χ2v) is 8.03. The number of rotatable bonds is 5. The molecule has 0 unspecified atom stereocenters. The number of nitrogens with zero attached hydrogens (tertiary/aromatic N) is 5. The Hall–Kier alpha value is -4.11. The van der Waals surface area contributed by atoms with Crippen LogP contribution in [-0.2, 0) is 4.79 Å². The molecule has 34 heavy (non-hydrogen) atoms. The van der Waals surface area contributed by atoms with Gasteiger partial charge in [-0.1, -0.05) is 59.2 Å². The Labute approximate surface area is 198 Å². The Morgan fingerprint density at radius 2 is 1.79 bits per heavy atom. The molecule has 3 aromatic carbocycles. The van der Waals surface area contributed by atoms with E-state index in [9.17, 15) is 13.6 Å². The average molecular weight is 479 g/mol. The van der Waals surface area contributed by atoms with Gasteiger partial charge in [0.2, 0.25) is 5.91 Å². The predicted molar refractivity (Wildman–Crippen MR) is 124 cm³/mol. The molecule has 0 spiro atoms. The number of carbonyl (C=O) groups excluding carboxylic acids is 1. The SMILES string of the molecule is O=C(CN1C(c2ccccc2)=C[C@@H](c2ccc(Cl)cc2)n2nnnc21)Nc1cc(F)ccc1F. The quantitative estimate of drug-likeness (QED) is 0.450. The Bertz CT molecular complexity index is 1370. The first-order valence-electron chi connectivity index (χ1n) is 10.3. The van der Waals surface area contributed by atoms with Gasteiger partial charge >= 0.3 is 0 Å². The molecule has 1 atom stereocenters. The normalized spacial score (nSPS) is 15.0. The van der Waals surface area contributed by atoms with Crippen LogP contribution in [-0.4, -0.2) is 32.7 Å². The van der Waals surface area contributed by atoms with Crippen molar-refractivity contribution in [3.63, 3.8) is 0 Å². The molecule has 1 aliphatic rings. The van der Waals surface area contributed by atoms with Crippen molar-refractivity contribution < 1.29 is 13.6 Å². The van der Waals surface area contributed by atoms with Crippen LogP contribution in [0.5, 0.6) is 0 Å². The van der Waals surface area contributed by atoms with E-state index < -0.39 is 17.5 Å². The molecule has 2 heterocycles. The van der Waals surface area contributed by atoms with Crippen LogP contribution < -0.4 is 10.2 Å². The lowest BCUT2D eigenvalue weighted by molar-refractivity contribution is -0.114. The minimum absolute atomic E-state index is 0.232. The van der Waals surface area contributed by atoms with E-state index in [1.807, 2.05) is 48.5 Å². The number of allylic oxidation sites excluding steroid dienone is 1. The lowest BCUT2D eigenvalue weighted by Crippen LogP contribution is -2.37. The molecule has 0 saturated heterocycles. The third kappa shape index (κ3) is 4.25. The second kappa shape index (κ2) is 9.03. The number of fused-ring (bicyclic) bond motifs is 1. The van der Waals surface area contributed by atoms with Crippen LogP contribution in [0.2, 0.25) is 5.02 Å². The van der Waals surface area contributed by atoms with Gasteiger partial charge in [-0.05, 0) is 51.9 Å². The number of hydrogen-bond acceptors (Lipinski definition) is 5. The van der Waals surface area contributed by atoms with E-state index >= 15 is 0 Å². The average Bonchev–Trinajstić information content (AvgIpc) is 3.33. The summed E-state index contributed by atoms with van der Waals surface area (Å²) in [6.45, 7) is -0.232. The Kier molecular flexibility index (Phi) is 5.77. The third-order valence-corrected chi connectivity index (χ3v) is 5.62. The zero-order valence-electron chi connectivity index (χ0n) is 17.6. The molecular weight excluding hydrogens is 462 g/mol. The number of halogens is 3. The molecule has 0 radical (unpaired) electrons. The van der Waals surface area contributed by atoms with Crippen molar-refractivity contribution in [1.29, 1.82) is 0 Å². The van der Waals surface area contributed by atoms with E-state index in [2.05, 4.69) is 20.8 Å². The number of aromatic nitrogens is 4. The number of tetrazole rings is 1. The van der Waals surface area contributed by atoms with Crippen LogP contribution in [0.25, 0.3) is 5.70 Å². The third-order valence-electron chi connectivity index (χ3n) is 5.37. The monoisotopic (exact) mass is 478 g/mol. The maximum atomic E-state index is 14.1. The molecule has 0 saturated carbocycles. The minimum atomic E-state index is -0.736. The highest BCUT2D eigenvalue weighted by Gasteiger charge is 2.32. The fourth-order valence-electron chi connectivity index (χ4n) is 3.81. The molecule has 1 aliphatic heterocycles. The first-order chi connectivity index (χ1) is 16.5. The molecule has 1 N–H and O–H groups in total. The van der Waals surface area contributed by atoms with Gasteiger partial charge in [0, 0.05) is 11.1 Å². The molecule has 5 rings (SSSR count). The van der Waals surface area contributed by atoms with E-state index in [1.54, 1.807) is 21.7 Å². The van der Waals surface area contributed by atoms with Crippen molar-refractivity contribution in [2.75, 3.05) is 16.8 Å². The maximum Gasteiger partial charge on any atom is 0.251 e. The molecule has 0 bridgehead atoms. The summed E-state index contributed by atoms with van der Waals surface area (Å²) in [5.74, 6) is -1.63. The fraction of sp³-hybridized carbons (Fsp3) is 0.0833. The summed E-state index contributed by atoms with van der Waals surface area (Å²) in [6.07, 6.45) is 1.94. The molecule has 170 valence electrons. The Balaban J connectivity index is 1.53. The van der Waals surface area contributed by atoms with Crippen molar-refractivity contribution in [2.45, 2.75) is 6.04 Å². The molecular formula is C24H17ClF2N6O. The fourth-order valence-corrected chi connectivity index (χ4v) is 3.93. The van der Waals surface area contributed by atoms with E-state index in [0.717, 1.165) is 29.3 Å². The Morgan fingerprint density at radius 1 is 1.03 bits per heavy atom. The number of hydrogen-bond donors (Lipinski definition) is 1. The number of benzene rings is 3. The zero-order valence-corrected chi connectivity index (χ0v) is 18.3. The molecule has 0 fully saturated rings. The maximum absolute atomic E-state index is 14.1. The molecule has 0 aliphatic carbocycles. The molecule has 4 aromatic rings. The molecule has 10 heteroatoms. The van der Waals surface area contributed by atoms with Gasteiger partial charge in [0.05, 0.1) is 11.4 Å². The lowest BCUT2D eigenvalue weighted by Gasteiger charge is -2.32. The van der Waals surface area contributed by atoms with E-state index in [0.29, 0.717) is 16.7 Å². The van der Waals surface area contributed by atoms with Gasteiger partial charge in [0.25, 0.3) is 5.95 Å². The second-order valence-electron chi connectivity index (χ2n) is 7.60. The van der Waals surface area contributed by atoms with Crippen molar-refractivity contribution in [1.82, 2.24) is 20.2 Å². The summed E-state index contributed by atoms with van der Waals surface area (Å²) in [5.41, 5.74) is 2.18. The Morgan fingerprint density at radius 3 is 2.56 bits per heavy atom. The van der Waals surface area contributed by atoms with Crippen molar-refractivity contribution in [2.24, 2.45) is 0 Å². The highest BCUT2D eigenvalue weighted by atomic mass is 35.5. The first kappa shape index (κ1) is 21.7. The van der Waals surface area contributed by atoms with Crippen molar-refractivity contribution >= 4 is 34.8 Å². The zero-order chi connectivity index (χ0) is 23.7. The van der Waals surface area contributed by atoms with Gasteiger partial charge < -0.3 is 5.32 Å². The molecule has 1 amide bonds. The van der Waals surface area contributed by atoms with E-state index in [1.165, 1.54) is 0 Å². The molecule has 1 aromatic heterocycles. The van der Waals surface area contributed by atoms with Crippen LogP contribution in [0, 0.1) is 11.6 Å². The largest absolute Gasteiger partial charge is 0.322 e. The van der Waals surface area contributed by atoms with Gasteiger partial charge in [-0.3, -0.25) is 9.69 Å². The number of carbonyl (C=O) groups is 1. The highest BCUT2D eigenvalue weighted by Crippen LogP contribution is 2.36. The smallest absolute Gasteiger partial charge is 0.251 e. The van der Waals surface area contributed by atoms with Crippen molar-refractivity contribution in [3.05, 3.63) is 107 Å². The van der Waals surface area contributed by atoms with Crippen LogP contribution >= 0.6 is 11.6 Å².